The Labute approximate surface area is 111 Å². The zero-order valence-electron chi connectivity index (χ0n) is 11.8. The molecule has 0 aromatic rings. The van der Waals surface area contributed by atoms with Crippen LogP contribution in [0, 0.1) is 5.92 Å². The molecule has 0 spiro atoms. The van der Waals surface area contributed by atoms with Gasteiger partial charge in [-0.05, 0) is 38.1 Å². The van der Waals surface area contributed by atoms with Crippen molar-refractivity contribution in [3.63, 3.8) is 0 Å². The van der Waals surface area contributed by atoms with Crippen molar-refractivity contribution in [1.82, 2.24) is 15.1 Å². The predicted molar refractivity (Wildman–Crippen MR) is 73.6 cm³/mol. The van der Waals surface area contributed by atoms with Gasteiger partial charge in [0.2, 0.25) is 0 Å². The summed E-state index contributed by atoms with van der Waals surface area (Å²) in [4.78, 5) is 15.4. The van der Waals surface area contributed by atoms with Gasteiger partial charge in [0.15, 0.2) is 0 Å². The maximum atomic E-state index is 11.8. The molecule has 1 aliphatic heterocycles. The van der Waals surface area contributed by atoms with Crippen molar-refractivity contribution < 1.29 is 4.79 Å². The molecule has 1 heterocycles. The first kappa shape index (κ1) is 13.7. The quantitative estimate of drug-likeness (QED) is 0.760. The third kappa shape index (κ3) is 4.16. The van der Waals surface area contributed by atoms with Gasteiger partial charge in [-0.15, -0.1) is 0 Å². The molecule has 4 heteroatoms. The second-order valence-electron chi connectivity index (χ2n) is 5.98. The second kappa shape index (κ2) is 6.41. The van der Waals surface area contributed by atoms with Crippen LogP contribution in [0.2, 0.25) is 0 Å². The maximum Gasteiger partial charge on any atom is 0.319 e. The SMILES string of the molecule is CN(C)C(=O)N1CCC(NCCCC2CC2)CC1. The molecule has 1 N–H and O–H groups in total. The molecule has 2 amide bonds. The summed E-state index contributed by atoms with van der Waals surface area (Å²) in [6.45, 7) is 2.96. The van der Waals surface area contributed by atoms with E-state index in [-0.39, 0.29) is 6.03 Å². The third-order valence-electron chi connectivity index (χ3n) is 4.07. The number of piperidine rings is 1. The summed E-state index contributed by atoms with van der Waals surface area (Å²) in [5.41, 5.74) is 0. The van der Waals surface area contributed by atoms with Crippen LogP contribution in [0.15, 0.2) is 0 Å². The standard InChI is InChI=1S/C14H27N3O/c1-16(2)14(18)17-10-7-13(8-11-17)15-9-3-4-12-5-6-12/h12-13,15H,3-11H2,1-2H3. The molecule has 1 saturated carbocycles. The number of likely N-dealkylation sites (tertiary alicyclic amines) is 1. The molecule has 0 aromatic carbocycles. The number of hydrogen-bond donors (Lipinski definition) is 1. The Morgan fingerprint density at radius 2 is 1.89 bits per heavy atom. The van der Waals surface area contributed by atoms with E-state index < -0.39 is 0 Å². The summed E-state index contributed by atoms with van der Waals surface area (Å²) in [6.07, 6.45) is 7.86. The Morgan fingerprint density at radius 1 is 1.22 bits per heavy atom. The van der Waals surface area contributed by atoms with Crippen molar-refractivity contribution in [3.8, 4) is 0 Å². The molecule has 0 aromatic heterocycles. The molecule has 1 saturated heterocycles. The minimum absolute atomic E-state index is 0.155. The Morgan fingerprint density at radius 3 is 2.44 bits per heavy atom. The maximum absolute atomic E-state index is 11.8. The fourth-order valence-corrected chi connectivity index (χ4v) is 2.66. The van der Waals surface area contributed by atoms with Crippen molar-refractivity contribution in [2.24, 2.45) is 5.92 Å². The van der Waals surface area contributed by atoms with Crippen molar-refractivity contribution in [3.05, 3.63) is 0 Å². The van der Waals surface area contributed by atoms with E-state index in [0.29, 0.717) is 6.04 Å². The molecule has 104 valence electrons. The summed E-state index contributed by atoms with van der Waals surface area (Å²) in [6, 6.07) is 0.776. The van der Waals surface area contributed by atoms with E-state index in [1.165, 1.54) is 25.7 Å². The lowest BCUT2D eigenvalue weighted by molar-refractivity contribution is 0.152. The van der Waals surface area contributed by atoms with Crippen LogP contribution >= 0.6 is 0 Å². The molecule has 0 bridgehead atoms. The Balaban J connectivity index is 1.56. The van der Waals surface area contributed by atoms with Crippen LogP contribution in [0.3, 0.4) is 0 Å². The Kier molecular flexibility index (Phi) is 4.87. The normalized spacial score (nSPS) is 21.1. The zero-order valence-corrected chi connectivity index (χ0v) is 11.8. The van der Waals surface area contributed by atoms with Gasteiger partial charge in [-0.3, -0.25) is 0 Å². The van der Waals surface area contributed by atoms with Crippen molar-refractivity contribution in [2.75, 3.05) is 33.7 Å². The van der Waals surface area contributed by atoms with Crippen LogP contribution in [-0.2, 0) is 0 Å². The average Bonchev–Trinajstić information content (AvgIpc) is 3.18. The molecule has 1 aliphatic carbocycles. The molecule has 2 fully saturated rings. The highest BCUT2D eigenvalue weighted by Gasteiger charge is 2.24. The minimum atomic E-state index is 0.155. The predicted octanol–water partition coefficient (Wildman–Crippen LogP) is 1.91. The van der Waals surface area contributed by atoms with Gasteiger partial charge in [-0.2, -0.15) is 0 Å². The summed E-state index contributed by atoms with van der Waals surface area (Å²) >= 11 is 0. The van der Waals surface area contributed by atoms with Gasteiger partial charge in [0.25, 0.3) is 0 Å². The molecule has 0 radical (unpaired) electrons. The zero-order chi connectivity index (χ0) is 13.0. The molecule has 2 aliphatic rings. The van der Waals surface area contributed by atoms with Crippen LogP contribution in [0.1, 0.15) is 38.5 Å². The highest BCUT2D eigenvalue weighted by Crippen LogP contribution is 2.33. The Hall–Kier alpha value is -0.770. The summed E-state index contributed by atoms with van der Waals surface area (Å²) in [5.74, 6) is 1.05. The molecular weight excluding hydrogens is 226 g/mol. The first-order valence-electron chi connectivity index (χ1n) is 7.36. The highest BCUT2D eigenvalue weighted by atomic mass is 16.2. The van der Waals surface area contributed by atoms with Gasteiger partial charge >= 0.3 is 6.03 Å². The van der Waals surface area contributed by atoms with E-state index in [1.807, 2.05) is 19.0 Å². The number of rotatable bonds is 5. The summed E-state index contributed by atoms with van der Waals surface area (Å²) in [7, 11) is 3.65. The van der Waals surface area contributed by atoms with Gasteiger partial charge in [-0.1, -0.05) is 12.8 Å². The number of urea groups is 1. The smallest absolute Gasteiger partial charge is 0.319 e. The topological polar surface area (TPSA) is 35.6 Å². The minimum Gasteiger partial charge on any atom is -0.331 e. The van der Waals surface area contributed by atoms with E-state index in [2.05, 4.69) is 5.32 Å². The van der Waals surface area contributed by atoms with E-state index in [1.54, 1.807) is 4.90 Å². The van der Waals surface area contributed by atoms with Crippen molar-refractivity contribution in [2.45, 2.75) is 44.6 Å². The first-order valence-corrected chi connectivity index (χ1v) is 7.36. The first-order chi connectivity index (χ1) is 8.66. The molecular formula is C14H27N3O. The summed E-state index contributed by atoms with van der Waals surface area (Å²) in [5, 5.41) is 3.64. The van der Waals surface area contributed by atoms with E-state index in [9.17, 15) is 4.79 Å². The number of nitrogens with zero attached hydrogens (tertiary/aromatic N) is 2. The van der Waals surface area contributed by atoms with Crippen molar-refractivity contribution in [1.29, 1.82) is 0 Å². The molecule has 4 nitrogen and oxygen atoms in total. The van der Waals surface area contributed by atoms with Crippen molar-refractivity contribution >= 4 is 6.03 Å². The number of carbonyl (C=O) groups excluding carboxylic acids is 1. The second-order valence-corrected chi connectivity index (χ2v) is 5.98. The number of carbonyl (C=O) groups is 1. The molecule has 0 atom stereocenters. The van der Waals surface area contributed by atoms with Crippen LogP contribution < -0.4 is 5.32 Å². The van der Waals surface area contributed by atoms with Crippen LogP contribution in [-0.4, -0.2) is 55.6 Å². The van der Waals surface area contributed by atoms with E-state index >= 15 is 0 Å². The largest absolute Gasteiger partial charge is 0.331 e. The lowest BCUT2D eigenvalue weighted by atomic mass is 10.0. The molecule has 0 unspecified atom stereocenters. The molecule has 18 heavy (non-hydrogen) atoms. The van der Waals surface area contributed by atoms with Crippen LogP contribution in [0.4, 0.5) is 4.79 Å². The van der Waals surface area contributed by atoms with Gasteiger partial charge in [0, 0.05) is 33.2 Å². The van der Waals surface area contributed by atoms with Crippen LogP contribution in [0.25, 0.3) is 0 Å². The van der Waals surface area contributed by atoms with E-state index in [0.717, 1.165) is 38.4 Å². The Bertz CT molecular complexity index is 268. The number of hydrogen-bond acceptors (Lipinski definition) is 2. The highest BCUT2D eigenvalue weighted by molar-refractivity contribution is 5.73. The monoisotopic (exact) mass is 253 g/mol. The third-order valence-corrected chi connectivity index (χ3v) is 4.07. The van der Waals surface area contributed by atoms with Gasteiger partial charge in [0.1, 0.15) is 0 Å². The fraction of sp³-hybridized carbons (Fsp3) is 0.929. The average molecular weight is 253 g/mol. The number of nitrogens with one attached hydrogen (secondary N) is 1. The molecule has 2 rings (SSSR count). The van der Waals surface area contributed by atoms with Gasteiger partial charge in [-0.25, -0.2) is 4.79 Å². The van der Waals surface area contributed by atoms with Gasteiger partial charge in [0.05, 0.1) is 0 Å². The van der Waals surface area contributed by atoms with Gasteiger partial charge < -0.3 is 15.1 Å². The number of amides is 2. The summed E-state index contributed by atoms with van der Waals surface area (Å²) < 4.78 is 0. The lowest BCUT2D eigenvalue weighted by Crippen LogP contribution is -2.48. The van der Waals surface area contributed by atoms with E-state index in [4.69, 9.17) is 0 Å². The van der Waals surface area contributed by atoms with Crippen LogP contribution in [0.5, 0.6) is 0 Å². The lowest BCUT2D eigenvalue weighted by Gasteiger charge is -2.34. The fourth-order valence-electron chi connectivity index (χ4n) is 2.66.